The molecule has 0 bridgehead atoms. The normalized spacial score (nSPS) is 10.7. The number of hydrogen-bond donors (Lipinski definition) is 0. The lowest BCUT2D eigenvalue weighted by Crippen LogP contribution is -2.18. The van der Waals surface area contributed by atoms with Crippen LogP contribution in [0.25, 0.3) is 0 Å². The van der Waals surface area contributed by atoms with Gasteiger partial charge < -0.3 is 9.47 Å². The molecule has 0 amide bonds. The summed E-state index contributed by atoms with van der Waals surface area (Å²) in [5.41, 5.74) is 3.43. The number of rotatable bonds is 12. The van der Waals surface area contributed by atoms with E-state index in [1.165, 1.54) is 11.1 Å². The van der Waals surface area contributed by atoms with Gasteiger partial charge in [-0.05, 0) is 41.7 Å². The average Bonchev–Trinajstić information content (AvgIpc) is 2.81. The monoisotopic (exact) mass is 417 g/mol. The molecule has 0 saturated heterocycles. The van der Waals surface area contributed by atoms with Crippen LogP contribution in [0.4, 0.5) is 0 Å². The van der Waals surface area contributed by atoms with Gasteiger partial charge >= 0.3 is 5.97 Å². The molecule has 0 aliphatic carbocycles. The molecule has 3 aromatic rings. The van der Waals surface area contributed by atoms with Crippen LogP contribution in [0.1, 0.15) is 35.4 Å². The zero-order valence-electron chi connectivity index (χ0n) is 17.5. The van der Waals surface area contributed by atoms with E-state index < -0.39 is 5.97 Å². The summed E-state index contributed by atoms with van der Waals surface area (Å²) >= 11 is 0. The number of Topliss-reactive ketones (excluding diaryl/α,β-unsaturated/α-hetero) is 1. The fourth-order valence-electron chi connectivity index (χ4n) is 3.38. The van der Waals surface area contributed by atoms with Crippen LogP contribution in [-0.4, -0.2) is 36.6 Å². The van der Waals surface area contributed by atoms with Crippen LogP contribution in [0.2, 0.25) is 0 Å². The van der Waals surface area contributed by atoms with Crippen LogP contribution < -0.4 is 0 Å². The number of carbonyl (C=O) groups excluding carboxylic acids is 2. The number of aromatic nitrogens is 1. The molecular weight excluding hydrogens is 390 g/mol. The number of esters is 1. The topological polar surface area (TPSA) is 65.5 Å². The average molecular weight is 418 g/mol. The summed E-state index contributed by atoms with van der Waals surface area (Å²) in [7, 11) is 0. The molecule has 5 heteroatoms. The molecule has 0 aliphatic rings. The van der Waals surface area contributed by atoms with E-state index in [1.807, 2.05) is 48.5 Å². The van der Waals surface area contributed by atoms with Gasteiger partial charge in [-0.25, -0.2) is 0 Å². The Morgan fingerprint density at radius 1 is 0.806 bits per heavy atom. The smallest absolute Gasteiger partial charge is 0.313 e. The van der Waals surface area contributed by atoms with Crippen molar-refractivity contribution >= 4 is 11.8 Å². The largest absolute Gasteiger partial charge is 0.465 e. The second kappa shape index (κ2) is 12.4. The molecule has 1 heterocycles. The maximum absolute atomic E-state index is 12.1. The number of benzene rings is 2. The Balaban J connectivity index is 1.39. The number of nitrogens with zero attached hydrogens (tertiary/aromatic N) is 1. The van der Waals surface area contributed by atoms with Gasteiger partial charge in [0.2, 0.25) is 0 Å². The van der Waals surface area contributed by atoms with Gasteiger partial charge in [0, 0.05) is 18.3 Å². The molecule has 160 valence electrons. The molecule has 0 radical (unpaired) electrons. The summed E-state index contributed by atoms with van der Waals surface area (Å²) in [5, 5.41) is 0. The highest BCUT2D eigenvalue weighted by Crippen LogP contribution is 2.27. The van der Waals surface area contributed by atoms with E-state index in [2.05, 4.69) is 29.2 Å². The van der Waals surface area contributed by atoms with E-state index >= 15 is 0 Å². The van der Waals surface area contributed by atoms with Gasteiger partial charge in [-0.15, -0.1) is 0 Å². The van der Waals surface area contributed by atoms with Crippen LogP contribution in [-0.2, 0) is 25.5 Å². The first-order chi connectivity index (χ1) is 15.2. The minimum Gasteiger partial charge on any atom is -0.465 e. The van der Waals surface area contributed by atoms with E-state index in [-0.39, 0.29) is 31.3 Å². The third-order valence-corrected chi connectivity index (χ3v) is 4.96. The highest BCUT2D eigenvalue weighted by atomic mass is 16.5. The molecule has 2 aromatic carbocycles. The molecular formula is C26H27NO4. The summed E-state index contributed by atoms with van der Waals surface area (Å²) in [4.78, 5) is 28.0. The van der Waals surface area contributed by atoms with Gasteiger partial charge in [0.05, 0.1) is 13.2 Å². The Morgan fingerprint density at radius 3 is 2.03 bits per heavy atom. The van der Waals surface area contributed by atoms with E-state index in [4.69, 9.17) is 9.47 Å². The van der Waals surface area contributed by atoms with E-state index in [9.17, 15) is 9.59 Å². The minimum atomic E-state index is -0.511. The first-order valence-corrected chi connectivity index (χ1v) is 10.5. The van der Waals surface area contributed by atoms with Crippen molar-refractivity contribution in [2.45, 2.75) is 25.2 Å². The molecule has 0 unspecified atom stereocenters. The molecule has 0 saturated carbocycles. The molecule has 0 spiro atoms. The van der Waals surface area contributed by atoms with Gasteiger partial charge in [-0.1, -0.05) is 60.7 Å². The van der Waals surface area contributed by atoms with Crippen molar-refractivity contribution in [3.8, 4) is 0 Å². The van der Waals surface area contributed by atoms with Crippen molar-refractivity contribution in [2.75, 3.05) is 19.8 Å². The molecule has 0 aliphatic heterocycles. The van der Waals surface area contributed by atoms with E-state index in [0.717, 1.165) is 5.56 Å². The summed E-state index contributed by atoms with van der Waals surface area (Å²) in [6.07, 6.45) is 4.51. The van der Waals surface area contributed by atoms with Crippen molar-refractivity contribution in [3.05, 3.63) is 102 Å². The zero-order valence-corrected chi connectivity index (χ0v) is 17.5. The quantitative estimate of drug-likeness (QED) is 0.249. The van der Waals surface area contributed by atoms with Gasteiger partial charge in [-0.3, -0.25) is 14.6 Å². The molecule has 0 fully saturated rings. The molecule has 3 rings (SSSR count). The van der Waals surface area contributed by atoms with Crippen LogP contribution >= 0.6 is 0 Å². The second-order valence-electron chi connectivity index (χ2n) is 7.26. The number of ketones is 1. The lowest BCUT2D eigenvalue weighted by Gasteiger charge is -2.18. The fourth-order valence-corrected chi connectivity index (χ4v) is 3.38. The predicted octanol–water partition coefficient (Wildman–Crippen LogP) is 4.37. The van der Waals surface area contributed by atoms with Gasteiger partial charge in [-0.2, -0.15) is 0 Å². The van der Waals surface area contributed by atoms with Crippen LogP contribution in [0.3, 0.4) is 0 Å². The Hall–Kier alpha value is -3.31. The van der Waals surface area contributed by atoms with Gasteiger partial charge in [0.15, 0.2) is 5.78 Å². The van der Waals surface area contributed by atoms with E-state index in [0.29, 0.717) is 19.4 Å². The van der Waals surface area contributed by atoms with Crippen LogP contribution in [0.15, 0.2) is 85.2 Å². The van der Waals surface area contributed by atoms with Crippen molar-refractivity contribution in [1.29, 1.82) is 0 Å². The maximum atomic E-state index is 12.1. The minimum absolute atomic E-state index is 0.0865. The predicted molar refractivity (Wildman–Crippen MR) is 119 cm³/mol. The Kier molecular flexibility index (Phi) is 8.95. The first-order valence-electron chi connectivity index (χ1n) is 10.5. The number of ether oxygens (including phenoxy) is 2. The van der Waals surface area contributed by atoms with Crippen molar-refractivity contribution in [1.82, 2.24) is 4.98 Å². The lowest BCUT2D eigenvalue weighted by atomic mass is 9.89. The highest BCUT2D eigenvalue weighted by Gasteiger charge is 2.16. The van der Waals surface area contributed by atoms with Crippen molar-refractivity contribution < 1.29 is 19.1 Å². The van der Waals surface area contributed by atoms with Crippen LogP contribution in [0, 0.1) is 0 Å². The second-order valence-corrected chi connectivity index (χ2v) is 7.26. The molecule has 0 atom stereocenters. The Bertz CT molecular complexity index is 890. The van der Waals surface area contributed by atoms with E-state index in [1.54, 1.807) is 12.4 Å². The summed E-state index contributed by atoms with van der Waals surface area (Å²) in [6, 6.07) is 24.1. The Morgan fingerprint density at radius 2 is 1.42 bits per heavy atom. The SMILES string of the molecule is O=C(COCCc1ccncc1)CC(=O)OCCC(c1ccccc1)c1ccccc1. The number of hydrogen-bond acceptors (Lipinski definition) is 5. The van der Waals surface area contributed by atoms with Crippen molar-refractivity contribution in [3.63, 3.8) is 0 Å². The molecule has 0 N–H and O–H groups in total. The summed E-state index contributed by atoms with van der Waals surface area (Å²) in [6.45, 7) is 0.584. The Labute approximate surface area is 183 Å². The third kappa shape index (κ3) is 7.79. The number of carbonyl (C=O) groups is 2. The highest BCUT2D eigenvalue weighted by molar-refractivity contribution is 5.96. The standard InChI is InChI=1S/C26H27NO4/c28-24(20-30-17-13-21-11-15-27-16-12-21)19-26(29)31-18-14-25(22-7-3-1-4-8-22)23-9-5-2-6-10-23/h1-12,15-16,25H,13-14,17-20H2. The zero-order chi connectivity index (χ0) is 21.7. The summed E-state index contributed by atoms with van der Waals surface area (Å²) < 4.78 is 10.7. The van der Waals surface area contributed by atoms with Crippen LogP contribution in [0.5, 0.6) is 0 Å². The molecule has 1 aromatic heterocycles. The van der Waals surface area contributed by atoms with Gasteiger partial charge in [0.25, 0.3) is 0 Å². The van der Waals surface area contributed by atoms with Gasteiger partial charge in [0.1, 0.15) is 13.0 Å². The molecule has 31 heavy (non-hydrogen) atoms. The number of pyridine rings is 1. The van der Waals surface area contributed by atoms with Crippen molar-refractivity contribution in [2.24, 2.45) is 0 Å². The molecule has 5 nitrogen and oxygen atoms in total. The lowest BCUT2D eigenvalue weighted by molar-refractivity contribution is -0.147. The third-order valence-electron chi connectivity index (χ3n) is 4.96. The maximum Gasteiger partial charge on any atom is 0.313 e. The fraction of sp³-hybridized carbons (Fsp3) is 0.269. The first kappa shape index (κ1) is 22.4. The summed E-state index contributed by atoms with van der Waals surface area (Å²) in [5.74, 6) is -0.660.